The largest absolute Gasteiger partial charge is 0.457 e. The van der Waals surface area contributed by atoms with Gasteiger partial charge in [-0.05, 0) is 70.2 Å². The first-order valence-electron chi connectivity index (χ1n) is 10.6. The molecule has 1 amide bonds. The summed E-state index contributed by atoms with van der Waals surface area (Å²) >= 11 is 0. The van der Waals surface area contributed by atoms with Gasteiger partial charge in [0, 0.05) is 24.5 Å². The Morgan fingerprint density at radius 2 is 1.97 bits per heavy atom. The van der Waals surface area contributed by atoms with E-state index in [1.807, 2.05) is 43.6 Å². The lowest BCUT2D eigenvalue weighted by Crippen LogP contribution is -2.45. The summed E-state index contributed by atoms with van der Waals surface area (Å²) in [6, 6.07) is 5.80. The molecule has 29 heavy (non-hydrogen) atoms. The summed E-state index contributed by atoms with van der Waals surface area (Å²) in [7, 11) is 0. The lowest BCUT2D eigenvalue weighted by atomic mass is 10.1. The van der Waals surface area contributed by atoms with E-state index in [4.69, 9.17) is 9.47 Å². The van der Waals surface area contributed by atoms with Crippen molar-refractivity contribution in [3.8, 4) is 0 Å². The van der Waals surface area contributed by atoms with Crippen LogP contribution in [0.2, 0.25) is 0 Å². The minimum Gasteiger partial charge on any atom is -0.457 e. The van der Waals surface area contributed by atoms with Crippen molar-refractivity contribution in [2.45, 2.75) is 71.5 Å². The molecule has 0 unspecified atom stereocenters. The van der Waals surface area contributed by atoms with Crippen LogP contribution in [0, 0.1) is 0 Å². The standard InChI is InChI=1S/C23H32N2O4/c1-5-6-8-17-10-13-24-14-11-18(15-20(17)24)21(26)28-19-9-7-12-25(16-19)22(27)29-23(2,3)4/h10-11,13-15,19H,5-9,12,16H2,1-4H3/t19-/m1/s1. The van der Waals surface area contributed by atoms with Crippen LogP contribution in [0.3, 0.4) is 0 Å². The smallest absolute Gasteiger partial charge is 0.410 e. The number of hydrogen-bond donors (Lipinski definition) is 0. The molecule has 1 aliphatic heterocycles. The highest BCUT2D eigenvalue weighted by Gasteiger charge is 2.29. The summed E-state index contributed by atoms with van der Waals surface area (Å²) in [5.74, 6) is -0.341. The summed E-state index contributed by atoms with van der Waals surface area (Å²) in [6.07, 6.45) is 8.05. The summed E-state index contributed by atoms with van der Waals surface area (Å²) < 4.78 is 13.2. The van der Waals surface area contributed by atoms with Gasteiger partial charge in [0.05, 0.1) is 12.1 Å². The van der Waals surface area contributed by atoms with Crippen molar-refractivity contribution in [2.75, 3.05) is 13.1 Å². The number of amides is 1. The molecule has 3 rings (SSSR count). The first-order chi connectivity index (χ1) is 13.8. The minimum absolute atomic E-state index is 0.314. The number of piperidine rings is 1. The Morgan fingerprint density at radius 3 is 2.69 bits per heavy atom. The van der Waals surface area contributed by atoms with Crippen LogP contribution >= 0.6 is 0 Å². The van der Waals surface area contributed by atoms with Crippen LogP contribution in [-0.2, 0) is 15.9 Å². The van der Waals surface area contributed by atoms with Crippen LogP contribution in [0.25, 0.3) is 5.52 Å². The molecule has 1 aliphatic rings. The molecule has 3 heterocycles. The maximum atomic E-state index is 12.7. The lowest BCUT2D eigenvalue weighted by Gasteiger charge is -2.33. The zero-order valence-corrected chi connectivity index (χ0v) is 17.9. The van der Waals surface area contributed by atoms with Crippen LogP contribution in [-0.4, -0.2) is 46.2 Å². The molecular formula is C23H32N2O4. The molecule has 1 fully saturated rings. The van der Waals surface area contributed by atoms with Gasteiger partial charge in [-0.3, -0.25) is 0 Å². The topological polar surface area (TPSA) is 60.2 Å². The van der Waals surface area contributed by atoms with Gasteiger partial charge in [-0.1, -0.05) is 13.3 Å². The fraction of sp³-hybridized carbons (Fsp3) is 0.565. The molecule has 0 radical (unpaired) electrons. The first kappa shape index (κ1) is 21.2. The van der Waals surface area contributed by atoms with Crippen LogP contribution in [0.5, 0.6) is 0 Å². The number of aryl methyl sites for hydroxylation is 1. The van der Waals surface area contributed by atoms with E-state index in [0.717, 1.165) is 37.6 Å². The lowest BCUT2D eigenvalue weighted by molar-refractivity contribution is -0.0115. The zero-order valence-electron chi connectivity index (χ0n) is 17.9. The average molecular weight is 401 g/mol. The van der Waals surface area contributed by atoms with E-state index in [2.05, 4.69) is 13.0 Å². The van der Waals surface area contributed by atoms with E-state index in [0.29, 0.717) is 18.7 Å². The highest BCUT2D eigenvalue weighted by atomic mass is 16.6. The van der Waals surface area contributed by atoms with E-state index in [9.17, 15) is 9.59 Å². The van der Waals surface area contributed by atoms with Crippen molar-refractivity contribution in [2.24, 2.45) is 0 Å². The van der Waals surface area contributed by atoms with Crippen molar-refractivity contribution in [1.29, 1.82) is 0 Å². The van der Waals surface area contributed by atoms with Gasteiger partial charge in [-0.15, -0.1) is 0 Å². The maximum absolute atomic E-state index is 12.7. The molecule has 2 aromatic heterocycles. The number of nitrogens with zero attached hydrogens (tertiary/aromatic N) is 2. The predicted molar refractivity (Wildman–Crippen MR) is 112 cm³/mol. The van der Waals surface area contributed by atoms with E-state index in [1.54, 1.807) is 11.0 Å². The molecule has 0 bridgehead atoms. The van der Waals surface area contributed by atoms with Crippen molar-refractivity contribution in [3.05, 3.63) is 41.7 Å². The van der Waals surface area contributed by atoms with Gasteiger partial charge in [0.2, 0.25) is 0 Å². The second kappa shape index (κ2) is 8.89. The van der Waals surface area contributed by atoms with Crippen LogP contribution < -0.4 is 0 Å². The number of ether oxygens (including phenoxy) is 2. The van der Waals surface area contributed by atoms with Crippen molar-refractivity contribution in [3.63, 3.8) is 0 Å². The van der Waals surface area contributed by atoms with Crippen molar-refractivity contribution >= 4 is 17.6 Å². The molecule has 2 aromatic rings. The molecule has 0 saturated carbocycles. The van der Waals surface area contributed by atoms with Gasteiger partial charge < -0.3 is 18.8 Å². The number of aromatic nitrogens is 1. The number of likely N-dealkylation sites (tertiary alicyclic amines) is 1. The first-order valence-corrected chi connectivity index (χ1v) is 10.6. The third kappa shape index (κ3) is 5.52. The van der Waals surface area contributed by atoms with E-state index in [1.165, 1.54) is 5.56 Å². The predicted octanol–water partition coefficient (Wildman–Crippen LogP) is 4.84. The van der Waals surface area contributed by atoms with Gasteiger partial charge in [-0.25, -0.2) is 9.59 Å². The molecular weight excluding hydrogens is 368 g/mol. The monoisotopic (exact) mass is 400 g/mol. The number of hydrogen-bond acceptors (Lipinski definition) is 4. The number of fused-ring (bicyclic) bond motifs is 1. The van der Waals surface area contributed by atoms with Gasteiger partial charge in [0.15, 0.2) is 0 Å². The Bertz CT molecular complexity index is 865. The van der Waals surface area contributed by atoms with E-state index < -0.39 is 5.60 Å². The molecule has 1 atom stereocenters. The van der Waals surface area contributed by atoms with Crippen molar-refractivity contribution in [1.82, 2.24) is 9.30 Å². The zero-order chi connectivity index (χ0) is 21.0. The molecule has 0 spiro atoms. The third-order valence-corrected chi connectivity index (χ3v) is 5.09. The molecule has 1 saturated heterocycles. The Kier molecular flexibility index (Phi) is 6.50. The van der Waals surface area contributed by atoms with Gasteiger partial charge in [-0.2, -0.15) is 0 Å². The Morgan fingerprint density at radius 1 is 1.21 bits per heavy atom. The molecule has 6 nitrogen and oxygen atoms in total. The van der Waals surface area contributed by atoms with Gasteiger partial charge in [0.25, 0.3) is 0 Å². The quantitative estimate of drug-likeness (QED) is 0.674. The average Bonchev–Trinajstić information content (AvgIpc) is 3.07. The Hall–Kier alpha value is -2.50. The van der Waals surface area contributed by atoms with Crippen LogP contribution in [0.1, 0.15) is 69.3 Å². The Labute approximate surface area is 172 Å². The summed E-state index contributed by atoms with van der Waals surface area (Å²) in [4.78, 5) is 26.7. The van der Waals surface area contributed by atoms with Crippen LogP contribution in [0.4, 0.5) is 4.79 Å². The second-order valence-corrected chi connectivity index (χ2v) is 8.75. The summed E-state index contributed by atoms with van der Waals surface area (Å²) in [6.45, 7) is 8.71. The van der Waals surface area contributed by atoms with Crippen LogP contribution in [0.15, 0.2) is 30.6 Å². The highest BCUT2D eigenvalue weighted by molar-refractivity contribution is 5.91. The van der Waals surface area contributed by atoms with E-state index in [-0.39, 0.29) is 18.2 Å². The number of esters is 1. The van der Waals surface area contributed by atoms with E-state index >= 15 is 0 Å². The summed E-state index contributed by atoms with van der Waals surface area (Å²) in [5, 5.41) is 0. The molecule has 0 N–H and O–H groups in total. The number of rotatable bonds is 5. The minimum atomic E-state index is -0.539. The molecule has 158 valence electrons. The fourth-order valence-electron chi connectivity index (χ4n) is 3.61. The highest BCUT2D eigenvalue weighted by Crippen LogP contribution is 2.21. The number of carbonyl (C=O) groups is 2. The number of carbonyl (C=O) groups excluding carboxylic acids is 2. The number of pyridine rings is 1. The Balaban J connectivity index is 1.65. The molecule has 0 aromatic carbocycles. The number of unbranched alkanes of at least 4 members (excludes halogenated alkanes) is 1. The second-order valence-electron chi connectivity index (χ2n) is 8.75. The SMILES string of the molecule is CCCCc1ccn2ccc(C(=O)O[C@@H]3CCCN(C(=O)OC(C)(C)C)C3)cc12. The molecule has 6 heteroatoms. The van der Waals surface area contributed by atoms with Gasteiger partial charge in [0.1, 0.15) is 11.7 Å². The van der Waals surface area contributed by atoms with Crippen molar-refractivity contribution < 1.29 is 19.1 Å². The summed E-state index contributed by atoms with van der Waals surface area (Å²) in [5.41, 5.74) is 2.30. The fourth-order valence-corrected chi connectivity index (χ4v) is 3.61. The molecule has 0 aliphatic carbocycles. The van der Waals surface area contributed by atoms with Gasteiger partial charge >= 0.3 is 12.1 Å². The maximum Gasteiger partial charge on any atom is 0.410 e. The third-order valence-electron chi connectivity index (χ3n) is 5.09. The normalized spacial score (nSPS) is 17.4.